The van der Waals surface area contributed by atoms with Crippen molar-refractivity contribution >= 4 is 11.9 Å². The Kier molecular flexibility index (Phi) is 3.60. The molecule has 0 atom stereocenters. The molecule has 0 fully saturated rings. The van der Waals surface area contributed by atoms with Gasteiger partial charge in [0, 0.05) is 29.7 Å². The number of aromatic nitrogens is 1. The zero-order chi connectivity index (χ0) is 13.1. The van der Waals surface area contributed by atoms with Gasteiger partial charge < -0.3 is 4.57 Å². The lowest BCUT2D eigenvalue weighted by atomic mass is 10.2. The van der Waals surface area contributed by atoms with Gasteiger partial charge in [0.05, 0.1) is 5.69 Å². The van der Waals surface area contributed by atoms with Gasteiger partial charge in [-0.2, -0.15) is 0 Å². The summed E-state index contributed by atoms with van der Waals surface area (Å²) in [7, 11) is 0. The van der Waals surface area contributed by atoms with E-state index in [1.165, 1.54) is 11.8 Å². The Morgan fingerprint density at radius 3 is 2.61 bits per heavy atom. The van der Waals surface area contributed by atoms with E-state index in [1.54, 1.807) is 24.4 Å². The Labute approximate surface area is 107 Å². The lowest BCUT2D eigenvalue weighted by Crippen LogP contribution is -1.99. The molecule has 0 spiro atoms. The van der Waals surface area contributed by atoms with Crippen molar-refractivity contribution in [3.63, 3.8) is 0 Å². The van der Waals surface area contributed by atoms with Gasteiger partial charge in [0.15, 0.2) is 0 Å². The zero-order valence-electron chi connectivity index (χ0n) is 10.9. The van der Waals surface area contributed by atoms with Gasteiger partial charge in [0.1, 0.15) is 5.82 Å². The Morgan fingerprint density at radius 2 is 2.00 bits per heavy atom. The third-order valence-corrected chi connectivity index (χ3v) is 3.12. The number of hydrogen-bond acceptors (Lipinski definition) is 1. The maximum Gasteiger partial charge on any atom is 0.148 e. The molecule has 2 rings (SSSR count). The smallest absolute Gasteiger partial charge is 0.148 e. The molecule has 0 unspecified atom stereocenters. The summed E-state index contributed by atoms with van der Waals surface area (Å²) in [5.74, 6) is -0.293. The zero-order valence-corrected chi connectivity index (χ0v) is 10.9. The number of hydrogen-bond donors (Lipinski definition) is 0. The standard InChI is InChI=1S/C15H17FN2/c1-4-18-11(2)9-13(12(18)3)10-17-15-8-6-5-7-14(15)16/h5-10H,4H2,1-3H3. The molecule has 94 valence electrons. The van der Waals surface area contributed by atoms with Crippen LogP contribution in [0.15, 0.2) is 35.3 Å². The van der Waals surface area contributed by atoms with Crippen molar-refractivity contribution in [1.82, 2.24) is 4.57 Å². The SMILES string of the molecule is CCn1c(C)cc(C=Nc2ccccc2F)c1C. The quantitative estimate of drug-likeness (QED) is 0.726. The first-order chi connectivity index (χ1) is 8.63. The molecular weight excluding hydrogens is 227 g/mol. The summed E-state index contributed by atoms with van der Waals surface area (Å²) >= 11 is 0. The highest BCUT2D eigenvalue weighted by Gasteiger charge is 2.05. The minimum atomic E-state index is -0.293. The molecular formula is C15H17FN2. The first-order valence-electron chi connectivity index (χ1n) is 6.08. The van der Waals surface area contributed by atoms with Crippen molar-refractivity contribution in [3.05, 3.63) is 53.1 Å². The largest absolute Gasteiger partial charge is 0.349 e. The number of nitrogens with zero attached hydrogens (tertiary/aromatic N) is 2. The molecule has 2 aromatic rings. The second kappa shape index (κ2) is 5.17. The van der Waals surface area contributed by atoms with E-state index in [-0.39, 0.29) is 5.82 Å². The van der Waals surface area contributed by atoms with Gasteiger partial charge in [-0.1, -0.05) is 12.1 Å². The molecule has 0 saturated carbocycles. The Bertz CT molecular complexity index is 582. The second-order valence-corrected chi connectivity index (χ2v) is 4.28. The van der Waals surface area contributed by atoms with Gasteiger partial charge in [-0.05, 0) is 39.0 Å². The van der Waals surface area contributed by atoms with Crippen LogP contribution in [-0.4, -0.2) is 10.8 Å². The molecule has 18 heavy (non-hydrogen) atoms. The third-order valence-electron chi connectivity index (χ3n) is 3.12. The van der Waals surface area contributed by atoms with Crippen LogP contribution in [0.4, 0.5) is 10.1 Å². The highest BCUT2D eigenvalue weighted by molar-refractivity contribution is 5.83. The van der Waals surface area contributed by atoms with Gasteiger partial charge in [-0.15, -0.1) is 0 Å². The van der Waals surface area contributed by atoms with Gasteiger partial charge in [0.25, 0.3) is 0 Å². The van der Waals surface area contributed by atoms with Crippen LogP contribution in [0.5, 0.6) is 0 Å². The predicted molar refractivity (Wildman–Crippen MR) is 73.2 cm³/mol. The van der Waals surface area contributed by atoms with Crippen LogP contribution in [0.2, 0.25) is 0 Å². The highest BCUT2D eigenvalue weighted by Crippen LogP contribution is 2.18. The number of aryl methyl sites for hydroxylation is 1. The fraction of sp³-hybridized carbons (Fsp3) is 0.267. The Hall–Kier alpha value is -1.90. The summed E-state index contributed by atoms with van der Waals surface area (Å²) < 4.78 is 15.6. The van der Waals surface area contributed by atoms with E-state index in [4.69, 9.17) is 0 Å². The van der Waals surface area contributed by atoms with E-state index < -0.39 is 0 Å². The van der Waals surface area contributed by atoms with Crippen LogP contribution in [0.1, 0.15) is 23.9 Å². The normalized spacial score (nSPS) is 11.3. The molecule has 0 aliphatic carbocycles. The van der Waals surface area contributed by atoms with Crippen LogP contribution in [0.3, 0.4) is 0 Å². The summed E-state index contributed by atoms with van der Waals surface area (Å²) in [6, 6.07) is 8.61. The van der Waals surface area contributed by atoms with Crippen molar-refractivity contribution in [2.75, 3.05) is 0 Å². The molecule has 0 amide bonds. The number of rotatable bonds is 3. The average molecular weight is 244 g/mol. The minimum Gasteiger partial charge on any atom is -0.349 e. The van der Waals surface area contributed by atoms with Gasteiger partial charge in [0.2, 0.25) is 0 Å². The first kappa shape index (κ1) is 12.6. The molecule has 0 aliphatic rings. The molecule has 1 heterocycles. The summed E-state index contributed by atoms with van der Waals surface area (Å²) in [6.45, 7) is 7.17. The predicted octanol–water partition coefficient (Wildman–Crippen LogP) is 4.01. The van der Waals surface area contributed by atoms with E-state index in [9.17, 15) is 4.39 Å². The van der Waals surface area contributed by atoms with Gasteiger partial charge in [-0.25, -0.2) is 4.39 Å². The van der Waals surface area contributed by atoms with Gasteiger partial charge in [-0.3, -0.25) is 4.99 Å². The van der Waals surface area contributed by atoms with Crippen molar-refractivity contribution in [2.24, 2.45) is 4.99 Å². The van der Waals surface area contributed by atoms with Crippen LogP contribution >= 0.6 is 0 Å². The maximum atomic E-state index is 13.4. The topological polar surface area (TPSA) is 17.3 Å². The summed E-state index contributed by atoms with van der Waals surface area (Å²) in [5.41, 5.74) is 3.77. The summed E-state index contributed by atoms with van der Waals surface area (Å²) in [6.07, 6.45) is 1.73. The first-order valence-corrected chi connectivity index (χ1v) is 6.08. The molecule has 0 saturated heterocycles. The molecule has 1 aromatic carbocycles. The number of halogens is 1. The lowest BCUT2D eigenvalue weighted by molar-refractivity contribution is 0.630. The summed E-state index contributed by atoms with van der Waals surface area (Å²) in [5, 5.41) is 0. The van der Waals surface area contributed by atoms with Crippen LogP contribution < -0.4 is 0 Å². The molecule has 2 nitrogen and oxygen atoms in total. The number of aliphatic imine (C=N–C) groups is 1. The summed E-state index contributed by atoms with van der Waals surface area (Å²) in [4.78, 5) is 4.21. The highest BCUT2D eigenvalue weighted by atomic mass is 19.1. The fourth-order valence-corrected chi connectivity index (χ4v) is 2.14. The number of benzene rings is 1. The van der Waals surface area contributed by atoms with Crippen molar-refractivity contribution in [3.8, 4) is 0 Å². The van der Waals surface area contributed by atoms with Crippen molar-refractivity contribution in [2.45, 2.75) is 27.3 Å². The van der Waals surface area contributed by atoms with Crippen molar-refractivity contribution < 1.29 is 4.39 Å². The van der Waals surface area contributed by atoms with Gasteiger partial charge >= 0.3 is 0 Å². The maximum absolute atomic E-state index is 13.4. The molecule has 0 radical (unpaired) electrons. The third kappa shape index (κ3) is 2.35. The van der Waals surface area contributed by atoms with E-state index in [0.717, 1.165) is 17.8 Å². The molecule has 1 aromatic heterocycles. The second-order valence-electron chi connectivity index (χ2n) is 4.28. The van der Waals surface area contributed by atoms with Crippen molar-refractivity contribution in [1.29, 1.82) is 0 Å². The van der Waals surface area contributed by atoms with E-state index in [1.807, 2.05) is 0 Å². The molecule has 0 aliphatic heterocycles. The average Bonchev–Trinajstić information content (AvgIpc) is 2.63. The molecule has 3 heteroatoms. The molecule has 0 N–H and O–H groups in total. The van der Waals surface area contributed by atoms with E-state index in [0.29, 0.717) is 5.69 Å². The fourth-order valence-electron chi connectivity index (χ4n) is 2.14. The van der Waals surface area contributed by atoms with Crippen LogP contribution in [-0.2, 0) is 6.54 Å². The Morgan fingerprint density at radius 1 is 1.28 bits per heavy atom. The number of para-hydroxylation sites is 1. The Balaban J connectivity index is 2.33. The minimum absolute atomic E-state index is 0.293. The van der Waals surface area contributed by atoms with E-state index in [2.05, 4.69) is 36.4 Å². The molecule has 0 bridgehead atoms. The van der Waals surface area contributed by atoms with Crippen LogP contribution in [0, 0.1) is 19.7 Å². The van der Waals surface area contributed by atoms with Crippen LogP contribution in [0.25, 0.3) is 0 Å². The van der Waals surface area contributed by atoms with E-state index >= 15 is 0 Å². The monoisotopic (exact) mass is 244 g/mol. The lowest BCUT2D eigenvalue weighted by Gasteiger charge is -2.04.